The Bertz CT molecular complexity index is 620. The van der Waals surface area contributed by atoms with E-state index >= 15 is 0 Å². The first kappa shape index (κ1) is 15.7. The summed E-state index contributed by atoms with van der Waals surface area (Å²) in [7, 11) is 0. The van der Waals surface area contributed by atoms with Gasteiger partial charge in [0.2, 0.25) is 0 Å². The van der Waals surface area contributed by atoms with Gasteiger partial charge in [0, 0.05) is 21.3 Å². The Labute approximate surface area is 134 Å². The lowest BCUT2D eigenvalue weighted by molar-refractivity contribution is 0.657. The van der Waals surface area contributed by atoms with E-state index in [-0.39, 0.29) is 5.38 Å². The van der Waals surface area contributed by atoms with Crippen LogP contribution in [-0.4, -0.2) is 9.78 Å². The first-order chi connectivity index (χ1) is 9.43. The molecule has 0 aliphatic carbocycles. The summed E-state index contributed by atoms with van der Waals surface area (Å²) in [5, 5.41) is 5.88. The molecule has 0 bridgehead atoms. The second-order valence-electron chi connectivity index (χ2n) is 4.85. The maximum absolute atomic E-state index is 6.37. The summed E-state index contributed by atoms with van der Waals surface area (Å²) in [6.07, 6.45) is 0.886. The van der Waals surface area contributed by atoms with Crippen molar-refractivity contribution < 1.29 is 0 Å². The Morgan fingerprint density at radius 1 is 1.25 bits per heavy atom. The van der Waals surface area contributed by atoms with Gasteiger partial charge in [0.1, 0.15) is 0 Å². The lowest BCUT2D eigenvalue weighted by Crippen LogP contribution is -2.05. The van der Waals surface area contributed by atoms with Crippen molar-refractivity contribution in [2.24, 2.45) is 0 Å². The zero-order chi connectivity index (χ0) is 14.9. The first-order valence-electron chi connectivity index (χ1n) is 6.56. The maximum Gasteiger partial charge on any atom is 0.0677 e. The molecule has 0 amide bonds. The van der Waals surface area contributed by atoms with Crippen molar-refractivity contribution >= 4 is 34.8 Å². The second kappa shape index (κ2) is 6.38. The molecule has 2 rings (SSSR count). The Kier molecular flexibility index (Phi) is 5.00. The number of benzene rings is 1. The number of aryl methyl sites for hydroxylation is 1. The highest BCUT2D eigenvalue weighted by molar-refractivity contribution is 6.35. The summed E-state index contributed by atoms with van der Waals surface area (Å²) < 4.78 is 1.95. The molecule has 0 saturated carbocycles. The molecule has 0 aliphatic rings. The van der Waals surface area contributed by atoms with Crippen molar-refractivity contribution in [2.75, 3.05) is 0 Å². The fraction of sp³-hybridized carbons (Fsp3) is 0.400. The molecule has 0 radical (unpaired) electrons. The molecule has 2 nitrogen and oxygen atoms in total. The van der Waals surface area contributed by atoms with Gasteiger partial charge in [-0.2, -0.15) is 5.10 Å². The average Bonchev–Trinajstić information content (AvgIpc) is 2.67. The maximum atomic E-state index is 6.37. The van der Waals surface area contributed by atoms with Crippen LogP contribution in [0.2, 0.25) is 10.0 Å². The van der Waals surface area contributed by atoms with E-state index in [0.29, 0.717) is 16.6 Å². The van der Waals surface area contributed by atoms with E-state index in [1.165, 1.54) is 0 Å². The zero-order valence-corrected chi connectivity index (χ0v) is 14.0. The summed E-state index contributed by atoms with van der Waals surface area (Å²) in [5.41, 5.74) is 4.19. The topological polar surface area (TPSA) is 17.8 Å². The second-order valence-corrected chi connectivity index (χ2v) is 6.22. The molecule has 108 valence electrons. The molecule has 1 heterocycles. The van der Waals surface area contributed by atoms with Gasteiger partial charge in [0.15, 0.2) is 0 Å². The number of hydrogen-bond donors (Lipinski definition) is 0. The van der Waals surface area contributed by atoms with Gasteiger partial charge in [-0.25, -0.2) is 0 Å². The normalized spacial score (nSPS) is 12.7. The van der Waals surface area contributed by atoms with Crippen LogP contribution in [0.1, 0.15) is 41.2 Å². The largest absolute Gasteiger partial charge is 0.265 e. The summed E-state index contributed by atoms with van der Waals surface area (Å²) in [4.78, 5) is 0. The van der Waals surface area contributed by atoms with Crippen LogP contribution in [0.5, 0.6) is 0 Å². The van der Waals surface area contributed by atoms with Crippen LogP contribution in [0.4, 0.5) is 0 Å². The molecule has 1 unspecified atom stereocenters. The molecule has 1 atom stereocenters. The van der Waals surface area contributed by atoms with Crippen molar-refractivity contribution in [2.45, 2.75) is 39.1 Å². The number of aromatic nitrogens is 2. The van der Waals surface area contributed by atoms with Crippen molar-refractivity contribution in [1.82, 2.24) is 9.78 Å². The van der Waals surface area contributed by atoms with Crippen molar-refractivity contribution in [3.05, 3.63) is 50.8 Å². The predicted octanol–water partition coefficient (Wildman–Crippen LogP) is 5.54. The Morgan fingerprint density at radius 2 is 1.95 bits per heavy atom. The van der Waals surface area contributed by atoms with Crippen LogP contribution >= 0.6 is 34.8 Å². The minimum absolute atomic E-state index is 0.00411. The van der Waals surface area contributed by atoms with Crippen molar-refractivity contribution in [3.63, 3.8) is 0 Å². The molecule has 20 heavy (non-hydrogen) atoms. The van der Waals surface area contributed by atoms with E-state index in [4.69, 9.17) is 34.8 Å². The van der Waals surface area contributed by atoms with Gasteiger partial charge in [-0.05, 0) is 38.0 Å². The van der Waals surface area contributed by atoms with Crippen molar-refractivity contribution in [3.8, 4) is 0 Å². The van der Waals surface area contributed by atoms with E-state index in [1.54, 1.807) is 6.07 Å². The number of halogens is 3. The molecular formula is C15H17Cl3N2. The standard InChI is InChI=1S/C15H17Cl3N2/c1-4-13(17)15-9(2)19-20(10(15)3)8-11-5-6-12(16)7-14(11)18/h5-7,13H,4,8H2,1-3H3. The molecule has 0 saturated heterocycles. The van der Waals surface area contributed by atoms with Gasteiger partial charge in [-0.1, -0.05) is 36.2 Å². The fourth-order valence-corrected chi connectivity index (χ4v) is 3.12. The quantitative estimate of drug-likeness (QED) is 0.672. The lowest BCUT2D eigenvalue weighted by Gasteiger charge is -2.09. The summed E-state index contributed by atoms with van der Waals surface area (Å²) in [6.45, 7) is 6.73. The molecule has 0 spiro atoms. The Balaban J connectivity index is 2.35. The fourth-order valence-electron chi connectivity index (χ4n) is 2.33. The van der Waals surface area contributed by atoms with Gasteiger partial charge in [0.25, 0.3) is 0 Å². The van der Waals surface area contributed by atoms with Gasteiger partial charge in [-0.15, -0.1) is 11.6 Å². The van der Waals surface area contributed by atoms with Crippen LogP contribution in [0.3, 0.4) is 0 Å². The number of rotatable bonds is 4. The summed E-state index contributed by atoms with van der Waals surface area (Å²) >= 11 is 18.5. The summed E-state index contributed by atoms with van der Waals surface area (Å²) in [5.74, 6) is 0. The van der Waals surface area contributed by atoms with E-state index in [9.17, 15) is 0 Å². The van der Waals surface area contributed by atoms with Gasteiger partial charge in [0.05, 0.1) is 17.6 Å². The third kappa shape index (κ3) is 3.13. The van der Waals surface area contributed by atoms with Crippen LogP contribution in [0, 0.1) is 13.8 Å². The molecular weight excluding hydrogens is 315 g/mol. The third-order valence-electron chi connectivity index (χ3n) is 3.44. The molecule has 2 aromatic rings. The minimum atomic E-state index is 0.00411. The molecule has 0 aliphatic heterocycles. The first-order valence-corrected chi connectivity index (χ1v) is 7.75. The van der Waals surface area contributed by atoms with E-state index < -0.39 is 0 Å². The third-order valence-corrected chi connectivity index (χ3v) is 4.56. The monoisotopic (exact) mass is 330 g/mol. The minimum Gasteiger partial charge on any atom is -0.265 e. The molecule has 1 aromatic heterocycles. The smallest absolute Gasteiger partial charge is 0.0677 e. The predicted molar refractivity (Wildman–Crippen MR) is 86.2 cm³/mol. The van der Waals surface area contributed by atoms with E-state index in [1.807, 2.05) is 30.7 Å². The molecule has 1 aromatic carbocycles. The highest BCUT2D eigenvalue weighted by Gasteiger charge is 2.18. The molecule has 0 fully saturated rings. The zero-order valence-electron chi connectivity index (χ0n) is 11.8. The molecule has 0 N–H and O–H groups in total. The van der Waals surface area contributed by atoms with Gasteiger partial charge >= 0.3 is 0 Å². The lowest BCUT2D eigenvalue weighted by atomic mass is 10.1. The Morgan fingerprint density at radius 3 is 2.55 bits per heavy atom. The highest BCUT2D eigenvalue weighted by Crippen LogP contribution is 2.30. The average molecular weight is 332 g/mol. The van der Waals surface area contributed by atoms with Crippen LogP contribution in [-0.2, 0) is 6.54 Å². The van der Waals surface area contributed by atoms with Gasteiger partial charge < -0.3 is 0 Å². The summed E-state index contributed by atoms with van der Waals surface area (Å²) in [6, 6.07) is 5.52. The van der Waals surface area contributed by atoms with E-state index in [2.05, 4.69) is 12.0 Å². The Hall–Kier alpha value is -0.700. The van der Waals surface area contributed by atoms with Gasteiger partial charge in [-0.3, -0.25) is 4.68 Å². The number of hydrogen-bond acceptors (Lipinski definition) is 1. The SMILES string of the molecule is CCC(Cl)c1c(C)nn(Cc2ccc(Cl)cc2Cl)c1C. The number of alkyl halides is 1. The van der Waals surface area contributed by atoms with E-state index in [0.717, 1.165) is 28.9 Å². The molecule has 5 heteroatoms. The highest BCUT2D eigenvalue weighted by atomic mass is 35.5. The number of nitrogens with zero attached hydrogens (tertiary/aromatic N) is 2. The van der Waals surface area contributed by atoms with Crippen LogP contribution in [0.25, 0.3) is 0 Å². The van der Waals surface area contributed by atoms with Crippen molar-refractivity contribution in [1.29, 1.82) is 0 Å². The van der Waals surface area contributed by atoms with Crippen LogP contribution < -0.4 is 0 Å². The van der Waals surface area contributed by atoms with Crippen LogP contribution in [0.15, 0.2) is 18.2 Å².